The van der Waals surface area contributed by atoms with Crippen molar-refractivity contribution >= 4 is 46.4 Å². The van der Waals surface area contributed by atoms with Crippen LogP contribution in [0.15, 0.2) is 28.6 Å². The van der Waals surface area contributed by atoms with Crippen molar-refractivity contribution in [1.29, 1.82) is 0 Å². The zero-order valence-corrected chi connectivity index (χ0v) is 19.1. The fourth-order valence-electron chi connectivity index (χ4n) is 2.25. The summed E-state index contributed by atoms with van der Waals surface area (Å²) in [6, 6.07) is 6.24. The van der Waals surface area contributed by atoms with Gasteiger partial charge < -0.3 is 20.3 Å². The molecule has 0 aliphatic heterocycles. The Labute approximate surface area is 177 Å². The molecule has 2 aromatic rings. The van der Waals surface area contributed by atoms with Crippen molar-refractivity contribution in [2.45, 2.75) is 26.9 Å². The molecule has 1 heterocycles. The predicted octanol–water partition coefficient (Wildman–Crippen LogP) is 3.40. The van der Waals surface area contributed by atoms with E-state index in [2.05, 4.69) is 51.1 Å². The Hall–Kier alpha value is -1.55. The minimum absolute atomic E-state index is 0. The summed E-state index contributed by atoms with van der Waals surface area (Å²) in [6.45, 7) is 6.00. The molecule has 1 aromatic carbocycles. The van der Waals surface area contributed by atoms with Gasteiger partial charge in [-0.2, -0.15) is 0 Å². The molecule has 0 saturated heterocycles. The smallest absolute Gasteiger partial charge is 0.191 e. The highest BCUT2D eigenvalue weighted by Gasteiger charge is 2.07. The van der Waals surface area contributed by atoms with Crippen LogP contribution >= 0.6 is 35.3 Å². The van der Waals surface area contributed by atoms with Gasteiger partial charge in [0, 0.05) is 38.6 Å². The molecule has 0 fully saturated rings. The first-order chi connectivity index (χ1) is 12.0. The van der Waals surface area contributed by atoms with Crippen molar-refractivity contribution in [3.63, 3.8) is 0 Å². The van der Waals surface area contributed by atoms with Gasteiger partial charge in [0.2, 0.25) is 0 Å². The molecular formula is C18H28IN5OS. The molecule has 2 N–H and O–H groups in total. The van der Waals surface area contributed by atoms with Crippen LogP contribution in [-0.2, 0) is 13.1 Å². The maximum atomic E-state index is 5.72. The van der Waals surface area contributed by atoms with Crippen LogP contribution in [0.4, 0.5) is 5.13 Å². The number of aromatic nitrogens is 1. The Morgan fingerprint density at radius 2 is 2.00 bits per heavy atom. The van der Waals surface area contributed by atoms with Crippen LogP contribution in [0.3, 0.4) is 0 Å². The van der Waals surface area contributed by atoms with E-state index in [0.29, 0.717) is 19.7 Å². The first-order valence-corrected chi connectivity index (χ1v) is 9.20. The Morgan fingerprint density at radius 1 is 1.27 bits per heavy atom. The number of halogens is 1. The molecule has 0 atom stereocenters. The predicted molar refractivity (Wildman–Crippen MR) is 121 cm³/mol. The monoisotopic (exact) mass is 489 g/mol. The van der Waals surface area contributed by atoms with Crippen LogP contribution in [-0.4, -0.2) is 38.7 Å². The number of ether oxygens (including phenoxy) is 1. The van der Waals surface area contributed by atoms with E-state index in [1.54, 1.807) is 18.4 Å². The maximum absolute atomic E-state index is 5.72. The summed E-state index contributed by atoms with van der Waals surface area (Å²) in [5.41, 5.74) is 3.30. The molecule has 144 valence electrons. The van der Waals surface area contributed by atoms with E-state index in [1.807, 2.05) is 25.9 Å². The Morgan fingerprint density at radius 3 is 2.62 bits per heavy atom. The van der Waals surface area contributed by atoms with Crippen molar-refractivity contribution in [3.8, 4) is 5.75 Å². The quantitative estimate of drug-likeness (QED) is 0.355. The molecule has 0 aliphatic rings. The third kappa shape index (κ3) is 6.64. The van der Waals surface area contributed by atoms with Gasteiger partial charge in [-0.25, -0.2) is 4.98 Å². The number of guanidine groups is 1. The van der Waals surface area contributed by atoms with Crippen molar-refractivity contribution < 1.29 is 4.74 Å². The lowest BCUT2D eigenvalue weighted by molar-refractivity contribution is 0.336. The third-order valence-corrected chi connectivity index (χ3v) is 4.61. The molecule has 0 saturated carbocycles. The van der Waals surface area contributed by atoms with Crippen molar-refractivity contribution in [2.24, 2.45) is 4.99 Å². The lowest BCUT2D eigenvalue weighted by Gasteiger charge is -2.14. The number of nitrogens with one attached hydrogen (secondary N) is 2. The molecule has 6 nitrogen and oxygen atoms in total. The molecule has 8 heteroatoms. The second-order valence-corrected chi connectivity index (χ2v) is 6.68. The summed E-state index contributed by atoms with van der Waals surface area (Å²) in [5, 5.41) is 9.68. The number of thiazole rings is 1. The molecule has 0 unspecified atom stereocenters. The molecule has 0 aliphatic carbocycles. The SMILES string of the molecule is CCOc1cc(C)ccc1CNC(=NC)NCc1csc(N(C)C)n1.I. The molecule has 0 radical (unpaired) electrons. The fourth-order valence-corrected chi connectivity index (χ4v) is 3.01. The third-order valence-electron chi connectivity index (χ3n) is 3.55. The average molecular weight is 489 g/mol. The lowest BCUT2D eigenvalue weighted by Crippen LogP contribution is -2.36. The highest BCUT2D eigenvalue weighted by Crippen LogP contribution is 2.20. The number of anilines is 1. The molecule has 0 bridgehead atoms. The van der Waals surface area contributed by atoms with E-state index < -0.39 is 0 Å². The second kappa shape index (κ2) is 11.2. The van der Waals surface area contributed by atoms with Crippen LogP contribution in [0, 0.1) is 6.92 Å². The fraction of sp³-hybridized carbons (Fsp3) is 0.444. The van der Waals surface area contributed by atoms with Gasteiger partial charge in [-0.15, -0.1) is 35.3 Å². The first kappa shape index (κ1) is 22.5. The minimum Gasteiger partial charge on any atom is -0.494 e. The number of benzene rings is 1. The van der Waals surface area contributed by atoms with E-state index in [4.69, 9.17) is 4.74 Å². The summed E-state index contributed by atoms with van der Waals surface area (Å²) < 4.78 is 5.72. The maximum Gasteiger partial charge on any atom is 0.191 e. The number of hydrogen-bond acceptors (Lipinski definition) is 5. The van der Waals surface area contributed by atoms with Crippen LogP contribution in [0.5, 0.6) is 5.75 Å². The number of hydrogen-bond donors (Lipinski definition) is 2. The number of rotatable bonds is 7. The van der Waals surface area contributed by atoms with Crippen LogP contribution < -0.4 is 20.3 Å². The van der Waals surface area contributed by atoms with Crippen LogP contribution in [0.2, 0.25) is 0 Å². The summed E-state index contributed by atoms with van der Waals surface area (Å²) in [4.78, 5) is 10.8. The van der Waals surface area contributed by atoms with Gasteiger partial charge in [0.25, 0.3) is 0 Å². The molecule has 1 aromatic heterocycles. The first-order valence-electron chi connectivity index (χ1n) is 8.32. The largest absolute Gasteiger partial charge is 0.494 e. The second-order valence-electron chi connectivity index (χ2n) is 5.84. The van der Waals surface area contributed by atoms with Crippen molar-refractivity contribution in [3.05, 3.63) is 40.4 Å². The number of aliphatic imine (C=N–C) groups is 1. The summed E-state index contributed by atoms with van der Waals surface area (Å²) >= 11 is 1.63. The molecule has 26 heavy (non-hydrogen) atoms. The topological polar surface area (TPSA) is 61.8 Å². The Bertz CT molecular complexity index is 717. The van der Waals surface area contributed by atoms with E-state index in [1.165, 1.54) is 5.56 Å². The Kier molecular flexibility index (Phi) is 9.71. The average Bonchev–Trinajstić information content (AvgIpc) is 3.06. The normalized spacial score (nSPS) is 10.9. The van der Waals surface area contributed by atoms with Gasteiger partial charge in [-0.3, -0.25) is 4.99 Å². The molecular weight excluding hydrogens is 461 g/mol. The summed E-state index contributed by atoms with van der Waals surface area (Å²) in [5.74, 6) is 1.66. The highest BCUT2D eigenvalue weighted by atomic mass is 127. The molecule has 0 spiro atoms. The van der Waals surface area contributed by atoms with E-state index in [-0.39, 0.29) is 24.0 Å². The summed E-state index contributed by atoms with van der Waals surface area (Å²) in [6.07, 6.45) is 0. The number of aryl methyl sites for hydroxylation is 1. The zero-order valence-electron chi connectivity index (χ0n) is 16.0. The van der Waals surface area contributed by atoms with Gasteiger partial charge >= 0.3 is 0 Å². The van der Waals surface area contributed by atoms with Gasteiger partial charge in [0.1, 0.15) is 5.75 Å². The molecule has 0 amide bonds. The van der Waals surface area contributed by atoms with Crippen molar-refractivity contribution in [1.82, 2.24) is 15.6 Å². The van der Waals surface area contributed by atoms with Crippen LogP contribution in [0.1, 0.15) is 23.7 Å². The van der Waals surface area contributed by atoms with Gasteiger partial charge in [0.05, 0.1) is 18.8 Å². The van der Waals surface area contributed by atoms with Crippen molar-refractivity contribution in [2.75, 3.05) is 32.6 Å². The lowest BCUT2D eigenvalue weighted by atomic mass is 10.1. The van der Waals surface area contributed by atoms with Gasteiger partial charge in [-0.05, 0) is 25.5 Å². The summed E-state index contributed by atoms with van der Waals surface area (Å²) in [7, 11) is 5.75. The van der Waals surface area contributed by atoms with Crippen LogP contribution in [0.25, 0.3) is 0 Å². The zero-order chi connectivity index (χ0) is 18.2. The van der Waals surface area contributed by atoms with E-state index in [0.717, 1.165) is 28.1 Å². The van der Waals surface area contributed by atoms with Gasteiger partial charge in [-0.1, -0.05) is 12.1 Å². The Balaban J connectivity index is 0.00000338. The van der Waals surface area contributed by atoms with Gasteiger partial charge in [0.15, 0.2) is 11.1 Å². The number of nitrogens with zero attached hydrogens (tertiary/aromatic N) is 3. The standard InChI is InChI=1S/C18H27N5OS.HI/c1-6-24-16-9-13(2)7-8-14(16)10-20-17(19-3)21-11-15-12-25-18(22-15)23(4)5;/h7-9,12H,6,10-11H2,1-5H3,(H2,19,20,21);1H. The van der Waals surface area contributed by atoms with E-state index >= 15 is 0 Å². The molecule has 2 rings (SSSR count). The van der Waals surface area contributed by atoms with E-state index in [9.17, 15) is 0 Å². The highest BCUT2D eigenvalue weighted by molar-refractivity contribution is 14.0. The minimum atomic E-state index is 0.